The molecule has 1 unspecified atom stereocenters. The molecule has 2 aromatic heterocycles. The third kappa shape index (κ3) is 3.75. The van der Waals surface area contributed by atoms with E-state index in [0.29, 0.717) is 17.8 Å². The molecule has 7 heteroatoms. The van der Waals surface area contributed by atoms with Crippen molar-refractivity contribution >= 4 is 11.7 Å². The van der Waals surface area contributed by atoms with E-state index in [-0.39, 0.29) is 11.8 Å². The van der Waals surface area contributed by atoms with Gasteiger partial charge in [-0.15, -0.1) is 0 Å². The van der Waals surface area contributed by atoms with Crippen molar-refractivity contribution in [3.05, 3.63) is 132 Å². The highest BCUT2D eigenvalue weighted by Gasteiger charge is 2.36. The number of nitrogens with one attached hydrogen (secondary N) is 1. The van der Waals surface area contributed by atoms with E-state index in [9.17, 15) is 9.18 Å². The Balaban J connectivity index is 1.55. The average Bonchev–Trinajstić information content (AvgIpc) is 3.45. The van der Waals surface area contributed by atoms with Crippen molar-refractivity contribution in [2.75, 3.05) is 5.32 Å². The summed E-state index contributed by atoms with van der Waals surface area (Å²) in [5.74, 6) is 0.526. The molecule has 1 atom stereocenters. The Kier molecular flexibility index (Phi) is 5.37. The monoisotopic (exact) mass is 477 g/mol. The molecule has 0 saturated heterocycles. The number of urea groups is 1. The molecule has 0 spiro atoms. The summed E-state index contributed by atoms with van der Waals surface area (Å²) in [6, 6.07) is 28.9. The van der Waals surface area contributed by atoms with Crippen LogP contribution in [0.2, 0.25) is 0 Å². The SMILES string of the molecule is Cc1nn(-c2ccccc2)c2c1CN(C(=O)Nc1ccccc1)C(c1cccc(F)c1)c1cccn1-2. The quantitative estimate of drug-likeness (QED) is 0.334. The number of halogens is 1. The molecule has 0 aliphatic carbocycles. The Labute approximate surface area is 208 Å². The van der Waals surface area contributed by atoms with Crippen molar-refractivity contribution in [1.82, 2.24) is 19.2 Å². The van der Waals surface area contributed by atoms with E-state index in [2.05, 4.69) is 9.88 Å². The molecule has 2 amide bonds. The molecule has 1 aliphatic heterocycles. The molecular formula is C29H24FN5O. The molecule has 1 aliphatic rings. The third-order valence-corrected chi connectivity index (χ3v) is 6.54. The summed E-state index contributed by atoms with van der Waals surface area (Å²) in [7, 11) is 0. The summed E-state index contributed by atoms with van der Waals surface area (Å²) >= 11 is 0. The van der Waals surface area contributed by atoms with Crippen molar-refractivity contribution in [2.45, 2.75) is 19.5 Å². The lowest BCUT2D eigenvalue weighted by atomic mass is 10.0. The van der Waals surface area contributed by atoms with Crippen LogP contribution in [0.25, 0.3) is 11.5 Å². The first kappa shape index (κ1) is 21.9. The van der Waals surface area contributed by atoms with Crippen molar-refractivity contribution in [3.63, 3.8) is 0 Å². The second-order valence-corrected chi connectivity index (χ2v) is 8.82. The number of fused-ring (bicyclic) bond motifs is 3. The molecule has 6 nitrogen and oxygen atoms in total. The first-order valence-corrected chi connectivity index (χ1v) is 11.8. The molecule has 6 rings (SSSR count). The van der Waals surface area contributed by atoms with Gasteiger partial charge in [-0.2, -0.15) is 5.10 Å². The number of aryl methyl sites for hydroxylation is 1. The maximum atomic E-state index is 14.4. The van der Waals surface area contributed by atoms with Gasteiger partial charge in [0.15, 0.2) is 0 Å². The number of amides is 2. The number of rotatable bonds is 3. The number of anilines is 1. The fourth-order valence-corrected chi connectivity index (χ4v) is 4.89. The van der Waals surface area contributed by atoms with Gasteiger partial charge in [-0.3, -0.25) is 0 Å². The van der Waals surface area contributed by atoms with Crippen LogP contribution in [0.15, 0.2) is 103 Å². The molecule has 0 saturated carbocycles. The van der Waals surface area contributed by atoms with Gasteiger partial charge >= 0.3 is 6.03 Å². The lowest BCUT2D eigenvalue weighted by Gasteiger charge is -2.31. The molecule has 1 N–H and O–H groups in total. The molecule has 0 radical (unpaired) electrons. The van der Waals surface area contributed by atoms with E-state index < -0.39 is 6.04 Å². The van der Waals surface area contributed by atoms with Crippen molar-refractivity contribution in [1.29, 1.82) is 0 Å². The van der Waals surface area contributed by atoms with E-state index in [1.54, 1.807) is 11.0 Å². The van der Waals surface area contributed by atoms with Gasteiger partial charge in [0.05, 0.1) is 29.7 Å². The Hall–Kier alpha value is -4.65. The van der Waals surface area contributed by atoms with E-state index in [1.165, 1.54) is 12.1 Å². The van der Waals surface area contributed by atoms with Gasteiger partial charge in [-0.25, -0.2) is 13.9 Å². The summed E-state index contributed by atoms with van der Waals surface area (Å²) in [5, 5.41) is 7.87. The Morgan fingerprint density at radius 1 is 0.944 bits per heavy atom. The molecule has 0 bridgehead atoms. The predicted octanol–water partition coefficient (Wildman–Crippen LogP) is 6.25. The number of benzene rings is 3. The minimum absolute atomic E-state index is 0.275. The number of carbonyl (C=O) groups is 1. The minimum atomic E-state index is -0.518. The van der Waals surface area contributed by atoms with Gasteiger partial charge in [-0.1, -0.05) is 48.5 Å². The highest BCUT2D eigenvalue weighted by Crippen LogP contribution is 2.38. The van der Waals surface area contributed by atoms with E-state index in [0.717, 1.165) is 28.5 Å². The van der Waals surface area contributed by atoms with E-state index in [1.807, 2.05) is 96.7 Å². The lowest BCUT2D eigenvalue weighted by molar-refractivity contribution is 0.194. The maximum absolute atomic E-state index is 14.4. The molecule has 36 heavy (non-hydrogen) atoms. The third-order valence-electron chi connectivity index (χ3n) is 6.54. The van der Waals surface area contributed by atoms with Crippen molar-refractivity contribution in [2.24, 2.45) is 0 Å². The van der Waals surface area contributed by atoms with Crippen LogP contribution in [0, 0.1) is 12.7 Å². The topological polar surface area (TPSA) is 55.1 Å². The van der Waals surface area contributed by atoms with Gasteiger partial charge in [0.25, 0.3) is 0 Å². The predicted molar refractivity (Wildman–Crippen MR) is 137 cm³/mol. The molecule has 0 fully saturated rings. The summed E-state index contributed by atoms with van der Waals surface area (Å²) in [4.78, 5) is 15.6. The van der Waals surface area contributed by atoms with Crippen LogP contribution < -0.4 is 5.32 Å². The van der Waals surface area contributed by atoms with Crippen molar-refractivity contribution in [3.8, 4) is 11.5 Å². The van der Waals surface area contributed by atoms with Crippen LogP contribution in [0.1, 0.15) is 28.6 Å². The lowest BCUT2D eigenvalue weighted by Crippen LogP contribution is -2.38. The first-order chi connectivity index (χ1) is 17.6. The smallest absolute Gasteiger partial charge is 0.308 e. The Bertz CT molecular complexity index is 1540. The normalized spacial score (nSPS) is 14.6. The molecular weight excluding hydrogens is 453 g/mol. The molecule has 3 heterocycles. The highest BCUT2D eigenvalue weighted by atomic mass is 19.1. The molecule has 178 valence electrons. The fourth-order valence-electron chi connectivity index (χ4n) is 4.89. The largest absolute Gasteiger partial charge is 0.322 e. The van der Waals surface area contributed by atoms with Gasteiger partial charge < -0.3 is 14.8 Å². The van der Waals surface area contributed by atoms with Crippen LogP contribution in [-0.4, -0.2) is 25.3 Å². The van der Waals surface area contributed by atoms with Crippen LogP contribution in [-0.2, 0) is 6.54 Å². The van der Waals surface area contributed by atoms with Gasteiger partial charge in [0, 0.05) is 17.4 Å². The first-order valence-electron chi connectivity index (χ1n) is 11.8. The zero-order chi connectivity index (χ0) is 24.6. The second-order valence-electron chi connectivity index (χ2n) is 8.82. The standard InChI is InChI=1S/C29H24FN5O/c1-20-25-19-34(29(36)31-23-12-4-2-5-13-23)27(21-10-8-11-22(30)18-21)26-16-9-17-33(26)28(25)35(32-20)24-14-6-3-7-15-24/h2-18,27H,19H2,1H3,(H,31,36). The average molecular weight is 478 g/mol. The van der Waals surface area contributed by atoms with Gasteiger partial charge in [-0.05, 0) is 61.0 Å². The second kappa shape index (κ2) is 8.85. The zero-order valence-electron chi connectivity index (χ0n) is 19.7. The Morgan fingerprint density at radius 3 is 2.44 bits per heavy atom. The molecule has 3 aromatic carbocycles. The van der Waals surface area contributed by atoms with Crippen LogP contribution in [0.5, 0.6) is 0 Å². The minimum Gasteiger partial charge on any atom is -0.308 e. The number of nitrogens with zero attached hydrogens (tertiary/aromatic N) is 4. The van der Waals surface area contributed by atoms with E-state index >= 15 is 0 Å². The Morgan fingerprint density at radius 2 is 1.69 bits per heavy atom. The summed E-state index contributed by atoms with van der Waals surface area (Å²) < 4.78 is 18.4. The van der Waals surface area contributed by atoms with Gasteiger partial charge in [0.2, 0.25) is 0 Å². The zero-order valence-corrected chi connectivity index (χ0v) is 19.7. The summed E-state index contributed by atoms with van der Waals surface area (Å²) in [6.07, 6.45) is 1.97. The molecule has 5 aromatic rings. The number of carbonyl (C=O) groups excluding carboxylic acids is 1. The fraction of sp³-hybridized carbons (Fsp3) is 0.103. The number of para-hydroxylation sites is 2. The number of hydrogen-bond acceptors (Lipinski definition) is 2. The summed E-state index contributed by atoms with van der Waals surface area (Å²) in [5.41, 5.74) is 4.91. The van der Waals surface area contributed by atoms with Gasteiger partial charge in [0.1, 0.15) is 11.6 Å². The van der Waals surface area contributed by atoms with Crippen LogP contribution in [0.4, 0.5) is 14.9 Å². The van der Waals surface area contributed by atoms with Crippen molar-refractivity contribution < 1.29 is 9.18 Å². The van der Waals surface area contributed by atoms with Crippen LogP contribution in [0.3, 0.4) is 0 Å². The van der Waals surface area contributed by atoms with E-state index in [4.69, 9.17) is 5.10 Å². The summed E-state index contributed by atoms with van der Waals surface area (Å²) in [6.45, 7) is 2.26. The highest BCUT2D eigenvalue weighted by molar-refractivity contribution is 5.90. The number of hydrogen-bond donors (Lipinski definition) is 1. The number of aromatic nitrogens is 3. The van der Waals surface area contributed by atoms with Crippen LogP contribution >= 0.6 is 0 Å². The maximum Gasteiger partial charge on any atom is 0.322 e.